The molecule has 116 valence electrons. The Kier molecular flexibility index (Phi) is 5.73. The van der Waals surface area contributed by atoms with Gasteiger partial charge in [-0.2, -0.15) is 0 Å². The summed E-state index contributed by atoms with van der Waals surface area (Å²) < 4.78 is 0. The fourth-order valence-electron chi connectivity index (χ4n) is 2.27. The molecular weight excluding hydrogens is 272 g/mol. The van der Waals surface area contributed by atoms with Crippen LogP contribution < -0.4 is 5.32 Å². The maximum atomic E-state index is 12.2. The molecule has 0 saturated heterocycles. The van der Waals surface area contributed by atoms with Gasteiger partial charge in [0.15, 0.2) is 0 Å². The van der Waals surface area contributed by atoms with Crippen molar-refractivity contribution in [2.45, 2.75) is 13.3 Å². The van der Waals surface area contributed by atoms with Gasteiger partial charge in [-0.3, -0.25) is 4.79 Å². The van der Waals surface area contributed by atoms with Gasteiger partial charge in [-0.1, -0.05) is 43.3 Å². The highest BCUT2D eigenvalue weighted by molar-refractivity contribution is 5.95. The third kappa shape index (κ3) is 4.43. The number of hydrogen-bond donors (Lipinski definition) is 1. The number of carbonyl (C=O) groups is 1. The average Bonchev–Trinajstić information content (AvgIpc) is 2.54. The van der Waals surface area contributed by atoms with Gasteiger partial charge in [0.25, 0.3) is 5.91 Å². The summed E-state index contributed by atoms with van der Waals surface area (Å²) in [4.78, 5) is 14.2. The van der Waals surface area contributed by atoms with Crippen LogP contribution in [0.1, 0.15) is 22.8 Å². The molecule has 0 aliphatic carbocycles. The first-order valence-corrected chi connectivity index (χ1v) is 7.72. The molecule has 3 heteroatoms. The maximum absolute atomic E-state index is 12.2. The van der Waals surface area contributed by atoms with Crippen molar-refractivity contribution in [3.05, 3.63) is 59.7 Å². The zero-order valence-electron chi connectivity index (χ0n) is 13.6. The van der Waals surface area contributed by atoms with E-state index in [4.69, 9.17) is 0 Å². The Morgan fingerprint density at radius 1 is 1.05 bits per heavy atom. The summed E-state index contributed by atoms with van der Waals surface area (Å²) in [6.45, 7) is 3.64. The molecule has 3 nitrogen and oxygen atoms in total. The smallest absolute Gasteiger partial charge is 0.251 e. The van der Waals surface area contributed by atoms with Crippen molar-refractivity contribution < 1.29 is 4.79 Å². The van der Waals surface area contributed by atoms with Crippen molar-refractivity contribution in [1.29, 1.82) is 0 Å². The summed E-state index contributed by atoms with van der Waals surface area (Å²) in [6.07, 6.45) is 1.04. The summed E-state index contributed by atoms with van der Waals surface area (Å²) in [6, 6.07) is 16.3. The minimum atomic E-state index is -0.0196. The van der Waals surface area contributed by atoms with Crippen molar-refractivity contribution in [3.8, 4) is 11.1 Å². The van der Waals surface area contributed by atoms with Crippen molar-refractivity contribution in [2.75, 3.05) is 27.2 Å². The Hall–Kier alpha value is -2.13. The summed E-state index contributed by atoms with van der Waals surface area (Å²) in [5, 5.41) is 2.95. The van der Waals surface area contributed by atoms with Gasteiger partial charge in [0.1, 0.15) is 0 Å². The lowest BCUT2D eigenvalue weighted by atomic mass is 10.0. The van der Waals surface area contributed by atoms with Gasteiger partial charge in [-0.15, -0.1) is 0 Å². The van der Waals surface area contributed by atoms with Crippen LogP contribution in [0, 0.1) is 0 Å². The quantitative estimate of drug-likeness (QED) is 0.888. The molecule has 2 rings (SSSR count). The molecule has 0 bridgehead atoms. The van der Waals surface area contributed by atoms with Gasteiger partial charge < -0.3 is 10.2 Å². The minimum absolute atomic E-state index is 0.0196. The highest BCUT2D eigenvalue weighted by Gasteiger charge is 2.07. The molecule has 0 saturated carbocycles. The highest BCUT2D eigenvalue weighted by Crippen LogP contribution is 2.21. The normalized spacial score (nSPS) is 10.7. The summed E-state index contributed by atoms with van der Waals surface area (Å²) >= 11 is 0. The lowest BCUT2D eigenvalue weighted by molar-refractivity contribution is 0.0951. The third-order valence-electron chi connectivity index (χ3n) is 3.66. The minimum Gasteiger partial charge on any atom is -0.351 e. The van der Waals surface area contributed by atoms with Gasteiger partial charge in [-0.25, -0.2) is 0 Å². The predicted molar refractivity (Wildman–Crippen MR) is 92.1 cm³/mol. The fourth-order valence-corrected chi connectivity index (χ4v) is 2.27. The van der Waals surface area contributed by atoms with Crippen molar-refractivity contribution in [1.82, 2.24) is 10.2 Å². The number of rotatable bonds is 6. The Morgan fingerprint density at radius 2 is 1.77 bits per heavy atom. The van der Waals surface area contributed by atoms with E-state index in [0.29, 0.717) is 12.1 Å². The molecule has 1 amide bonds. The summed E-state index contributed by atoms with van der Waals surface area (Å²) in [7, 11) is 3.99. The molecule has 1 N–H and O–H groups in total. The molecule has 0 atom stereocenters. The van der Waals surface area contributed by atoms with Crippen LogP contribution in [0.5, 0.6) is 0 Å². The van der Waals surface area contributed by atoms with Crippen LogP contribution >= 0.6 is 0 Å². The molecule has 0 aliphatic rings. The first-order chi connectivity index (χ1) is 10.6. The van der Waals surface area contributed by atoms with E-state index in [-0.39, 0.29) is 5.91 Å². The highest BCUT2D eigenvalue weighted by atomic mass is 16.1. The molecular formula is C19H24N2O. The lowest BCUT2D eigenvalue weighted by Crippen LogP contribution is -2.31. The molecule has 0 fully saturated rings. The van der Waals surface area contributed by atoms with E-state index < -0.39 is 0 Å². The Bertz CT molecular complexity index is 618. The zero-order valence-corrected chi connectivity index (χ0v) is 13.6. The standard InChI is InChI=1S/C19H24N2O/c1-4-15-8-10-16(11-9-15)17-6-5-7-18(14-17)19(22)20-12-13-21(2)3/h5-11,14H,4,12-13H2,1-3H3,(H,20,22). The lowest BCUT2D eigenvalue weighted by Gasteiger charge is -2.11. The van der Waals surface area contributed by atoms with Gasteiger partial charge in [-0.05, 0) is 49.3 Å². The molecule has 0 aromatic heterocycles. The summed E-state index contributed by atoms with van der Waals surface area (Å²) in [5.41, 5.74) is 4.24. The van der Waals surface area contributed by atoms with E-state index in [2.05, 4.69) is 36.5 Å². The van der Waals surface area contributed by atoms with Gasteiger partial charge in [0, 0.05) is 18.7 Å². The second-order valence-corrected chi connectivity index (χ2v) is 5.69. The van der Waals surface area contributed by atoms with Gasteiger partial charge in [0.05, 0.1) is 0 Å². The zero-order chi connectivity index (χ0) is 15.9. The van der Waals surface area contributed by atoms with E-state index in [1.807, 2.05) is 43.3 Å². The van der Waals surface area contributed by atoms with Crippen LogP contribution in [-0.4, -0.2) is 38.0 Å². The van der Waals surface area contributed by atoms with Crippen molar-refractivity contribution in [2.24, 2.45) is 0 Å². The maximum Gasteiger partial charge on any atom is 0.251 e. The van der Waals surface area contributed by atoms with Crippen molar-refractivity contribution in [3.63, 3.8) is 0 Å². The van der Waals surface area contributed by atoms with E-state index >= 15 is 0 Å². The largest absolute Gasteiger partial charge is 0.351 e. The van der Waals surface area contributed by atoms with Crippen LogP contribution in [0.2, 0.25) is 0 Å². The number of nitrogens with zero attached hydrogens (tertiary/aromatic N) is 1. The van der Waals surface area contributed by atoms with Crippen LogP contribution in [0.3, 0.4) is 0 Å². The first kappa shape index (κ1) is 16.2. The summed E-state index contributed by atoms with van der Waals surface area (Å²) in [5.74, 6) is -0.0196. The first-order valence-electron chi connectivity index (χ1n) is 7.72. The molecule has 0 aliphatic heterocycles. The van der Waals surface area contributed by atoms with E-state index in [9.17, 15) is 4.79 Å². The van der Waals surface area contributed by atoms with E-state index in [1.54, 1.807) is 0 Å². The van der Waals surface area contributed by atoms with Gasteiger partial charge >= 0.3 is 0 Å². The predicted octanol–water partition coefficient (Wildman–Crippen LogP) is 3.21. The topological polar surface area (TPSA) is 32.3 Å². The van der Waals surface area contributed by atoms with Crippen LogP contribution in [0.4, 0.5) is 0 Å². The molecule has 22 heavy (non-hydrogen) atoms. The molecule has 0 radical (unpaired) electrons. The number of aryl methyl sites for hydroxylation is 1. The SMILES string of the molecule is CCc1ccc(-c2cccc(C(=O)NCCN(C)C)c2)cc1. The number of carbonyl (C=O) groups excluding carboxylic acids is 1. The number of amides is 1. The van der Waals surface area contributed by atoms with E-state index in [1.165, 1.54) is 5.56 Å². The Morgan fingerprint density at radius 3 is 2.41 bits per heavy atom. The van der Waals surface area contributed by atoms with Crippen LogP contribution in [0.25, 0.3) is 11.1 Å². The van der Waals surface area contributed by atoms with Crippen LogP contribution in [0.15, 0.2) is 48.5 Å². The number of benzene rings is 2. The number of nitrogens with one attached hydrogen (secondary N) is 1. The van der Waals surface area contributed by atoms with Gasteiger partial charge in [0.2, 0.25) is 0 Å². The second kappa shape index (κ2) is 7.76. The monoisotopic (exact) mass is 296 g/mol. The molecule has 0 heterocycles. The third-order valence-corrected chi connectivity index (χ3v) is 3.66. The van der Waals surface area contributed by atoms with Crippen molar-refractivity contribution >= 4 is 5.91 Å². The molecule has 2 aromatic carbocycles. The average molecular weight is 296 g/mol. The Balaban J connectivity index is 2.10. The molecule has 0 unspecified atom stereocenters. The molecule has 0 spiro atoms. The number of hydrogen-bond acceptors (Lipinski definition) is 2. The second-order valence-electron chi connectivity index (χ2n) is 5.69. The van der Waals surface area contributed by atoms with E-state index in [0.717, 1.165) is 24.1 Å². The Labute approximate surface area is 133 Å². The molecule has 2 aromatic rings. The van der Waals surface area contributed by atoms with Crippen LogP contribution in [-0.2, 0) is 6.42 Å². The number of likely N-dealkylation sites (N-methyl/N-ethyl adjacent to an activating group) is 1. The fraction of sp³-hybridized carbons (Fsp3) is 0.316.